The van der Waals surface area contributed by atoms with Crippen LogP contribution < -0.4 is 10.6 Å². The predicted molar refractivity (Wildman–Crippen MR) is 103 cm³/mol. The zero-order valence-corrected chi connectivity index (χ0v) is 15.3. The van der Waals surface area contributed by atoms with Gasteiger partial charge in [-0.2, -0.15) is 0 Å². The van der Waals surface area contributed by atoms with Crippen LogP contribution >= 0.6 is 11.8 Å². The van der Waals surface area contributed by atoms with E-state index in [-0.39, 0.29) is 17.1 Å². The van der Waals surface area contributed by atoms with Crippen molar-refractivity contribution in [2.45, 2.75) is 43.3 Å². The van der Waals surface area contributed by atoms with E-state index in [1.807, 2.05) is 38.1 Å². The van der Waals surface area contributed by atoms with E-state index in [9.17, 15) is 9.59 Å². The highest BCUT2D eigenvalue weighted by molar-refractivity contribution is 8.00. The molecule has 2 aromatic rings. The number of rotatable bonds is 8. The molecule has 0 fully saturated rings. The van der Waals surface area contributed by atoms with Crippen molar-refractivity contribution in [3.05, 3.63) is 48.8 Å². The highest BCUT2D eigenvalue weighted by atomic mass is 32.2. The van der Waals surface area contributed by atoms with E-state index in [1.54, 1.807) is 24.5 Å². The van der Waals surface area contributed by atoms with Gasteiger partial charge in [0.1, 0.15) is 0 Å². The molecule has 0 aliphatic carbocycles. The van der Waals surface area contributed by atoms with Crippen LogP contribution in [0.25, 0.3) is 0 Å². The van der Waals surface area contributed by atoms with Gasteiger partial charge in [0.15, 0.2) is 0 Å². The molecule has 0 radical (unpaired) electrons. The summed E-state index contributed by atoms with van der Waals surface area (Å²) >= 11 is 1.49. The summed E-state index contributed by atoms with van der Waals surface area (Å²) in [5.74, 6) is -0.0359. The molecule has 0 saturated carbocycles. The Kier molecular flexibility index (Phi) is 7.47. The Hall–Kier alpha value is -2.34. The van der Waals surface area contributed by atoms with Gasteiger partial charge in [-0.25, -0.2) is 0 Å². The Labute approximate surface area is 152 Å². The first kappa shape index (κ1) is 19.0. The van der Waals surface area contributed by atoms with Crippen molar-refractivity contribution in [2.75, 3.05) is 10.6 Å². The van der Waals surface area contributed by atoms with Gasteiger partial charge in [0.05, 0.1) is 5.25 Å². The standard InChI is InChI=1S/C19H23N3O2S/c1-3-6-18(23)21-15-7-5-8-16(13-15)25-17(4-2)19(24)22-14-9-11-20-12-10-14/h5,7-13,17H,3-4,6H2,1-2H3,(H,21,23)(H,20,22,24). The number of carbonyl (C=O) groups excluding carboxylic acids is 2. The van der Waals surface area contributed by atoms with Crippen LogP contribution in [0.5, 0.6) is 0 Å². The lowest BCUT2D eigenvalue weighted by Crippen LogP contribution is -2.24. The fourth-order valence-electron chi connectivity index (χ4n) is 2.24. The number of thioether (sulfide) groups is 1. The summed E-state index contributed by atoms with van der Waals surface area (Å²) in [5.41, 5.74) is 1.49. The number of hydrogen-bond donors (Lipinski definition) is 2. The zero-order chi connectivity index (χ0) is 18.1. The van der Waals surface area contributed by atoms with E-state index in [4.69, 9.17) is 0 Å². The number of nitrogens with one attached hydrogen (secondary N) is 2. The van der Waals surface area contributed by atoms with Gasteiger partial charge < -0.3 is 10.6 Å². The van der Waals surface area contributed by atoms with Crippen LogP contribution in [0.4, 0.5) is 11.4 Å². The first-order valence-corrected chi connectivity index (χ1v) is 9.27. The average Bonchev–Trinajstić information content (AvgIpc) is 2.61. The molecule has 132 valence electrons. The molecule has 0 spiro atoms. The van der Waals surface area contributed by atoms with Gasteiger partial charge in [-0.3, -0.25) is 14.6 Å². The van der Waals surface area contributed by atoms with Crippen LogP contribution in [0.2, 0.25) is 0 Å². The molecule has 0 bridgehead atoms. The number of benzene rings is 1. The lowest BCUT2D eigenvalue weighted by atomic mass is 10.3. The van der Waals surface area contributed by atoms with Crippen molar-refractivity contribution in [1.29, 1.82) is 0 Å². The summed E-state index contributed by atoms with van der Waals surface area (Å²) in [7, 11) is 0. The van der Waals surface area contributed by atoms with Gasteiger partial charge in [0.2, 0.25) is 11.8 Å². The van der Waals surface area contributed by atoms with E-state index < -0.39 is 0 Å². The van der Waals surface area contributed by atoms with E-state index in [0.29, 0.717) is 12.8 Å². The molecule has 2 N–H and O–H groups in total. The number of amides is 2. The van der Waals surface area contributed by atoms with Crippen LogP contribution in [-0.2, 0) is 9.59 Å². The Morgan fingerprint density at radius 1 is 1.08 bits per heavy atom. The van der Waals surface area contributed by atoms with E-state index in [2.05, 4.69) is 15.6 Å². The quantitative estimate of drug-likeness (QED) is 0.690. The first-order valence-electron chi connectivity index (χ1n) is 8.39. The smallest absolute Gasteiger partial charge is 0.237 e. The fourth-order valence-corrected chi connectivity index (χ4v) is 3.26. The molecule has 2 amide bonds. The summed E-state index contributed by atoms with van der Waals surface area (Å²) in [4.78, 5) is 29.1. The number of hydrogen-bond acceptors (Lipinski definition) is 4. The summed E-state index contributed by atoms with van der Waals surface area (Å²) < 4.78 is 0. The van der Waals surface area contributed by atoms with E-state index in [0.717, 1.165) is 22.7 Å². The number of carbonyl (C=O) groups is 2. The normalized spacial score (nSPS) is 11.6. The van der Waals surface area contributed by atoms with Crippen molar-refractivity contribution >= 4 is 35.0 Å². The average molecular weight is 357 g/mol. The first-order chi connectivity index (χ1) is 12.1. The Morgan fingerprint density at radius 3 is 2.52 bits per heavy atom. The van der Waals surface area contributed by atoms with Gasteiger partial charge in [0, 0.05) is 35.1 Å². The maximum Gasteiger partial charge on any atom is 0.237 e. The topological polar surface area (TPSA) is 71.1 Å². The fraction of sp³-hybridized carbons (Fsp3) is 0.316. The molecule has 0 aliphatic heterocycles. The maximum absolute atomic E-state index is 12.5. The van der Waals surface area contributed by atoms with Crippen LogP contribution in [0.15, 0.2) is 53.7 Å². The highest BCUT2D eigenvalue weighted by Gasteiger charge is 2.18. The Morgan fingerprint density at radius 2 is 1.84 bits per heavy atom. The molecule has 1 heterocycles. The second kappa shape index (κ2) is 9.84. The second-order valence-electron chi connectivity index (χ2n) is 5.57. The Balaban J connectivity index is 2.00. The number of anilines is 2. The monoisotopic (exact) mass is 357 g/mol. The summed E-state index contributed by atoms with van der Waals surface area (Å²) in [5, 5.41) is 5.58. The minimum Gasteiger partial charge on any atom is -0.326 e. The number of aromatic nitrogens is 1. The van der Waals surface area contributed by atoms with Crippen molar-refractivity contribution in [3.8, 4) is 0 Å². The van der Waals surface area contributed by atoms with Gasteiger partial charge in [0.25, 0.3) is 0 Å². The summed E-state index contributed by atoms with van der Waals surface area (Å²) in [6.45, 7) is 3.95. The van der Waals surface area contributed by atoms with Gasteiger partial charge >= 0.3 is 0 Å². The molecule has 5 nitrogen and oxygen atoms in total. The molecule has 25 heavy (non-hydrogen) atoms. The number of pyridine rings is 1. The number of nitrogens with zero attached hydrogens (tertiary/aromatic N) is 1. The molecule has 1 atom stereocenters. The zero-order valence-electron chi connectivity index (χ0n) is 14.5. The van der Waals surface area contributed by atoms with Gasteiger partial charge in [-0.1, -0.05) is 19.9 Å². The Bertz CT molecular complexity index is 707. The van der Waals surface area contributed by atoms with Crippen LogP contribution in [0.1, 0.15) is 33.1 Å². The third-order valence-electron chi connectivity index (χ3n) is 3.48. The molecule has 0 aliphatic rings. The van der Waals surface area contributed by atoms with Crippen LogP contribution in [0.3, 0.4) is 0 Å². The molecule has 1 aromatic heterocycles. The molecule has 0 saturated heterocycles. The highest BCUT2D eigenvalue weighted by Crippen LogP contribution is 2.28. The maximum atomic E-state index is 12.5. The second-order valence-corrected chi connectivity index (χ2v) is 6.84. The lowest BCUT2D eigenvalue weighted by Gasteiger charge is -2.15. The molecule has 1 unspecified atom stereocenters. The van der Waals surface area contributed by atoms with E-state index in [1.165, 1.54) is 11.8 Å². The van der Waals surface area contributed by atoms with Crippen molar-refractivity contribution in [1.82, 2.24) is 4.98 Å². The summed E-state index contributed by atoms with van der Waals surface area (Å²) in [6, 6.07) is 11.1. The minimum atomic E-state index is -0.213. The van der Waals surface area contributed by atoms with Gasteiger partial charge in [-0.05, 0) is 43.2 Å². The molecule has 6 heteroatoms. The molecular formula is C19H23N3O2S. The third kappa shape index (κ3) is 6.23. The molecular weight excluding hydrogens is 334 g/mol. The molecule has 2 rings (SSSR count). The SMILES string of the molecule is CCCC(=O)Nc1cccc(SC(CC)C(=O)Nc2ccncc2)c1. The van der Waals surface area contributed by atoms with Crippen molar-refractivity contribution < 1.29 is 9.59 Å². The molecule has 1 aromatic carbocycles. The third-order valence-corrected chi connectivity index (χ3v) is 4.84. The lowest BCUT2D eigenvalue weighted by molar-refractivity contribution is -0.116. The summed E-state index contributed by atoms with van der Waals surface area (Å²) in [6.07, 6.45) is 5.31. The van der Waals surface area contributed by atoms with Crippen molar-refractivity contribution in [3.63, 3.8) is 0 Å². The van der Waals surface area contributed by atoms with E-state index >= 15 is 0 Å². The van der Waals surface area contributed by atoms with Crippen LogP contribution in [-0.4, -0.2) is 22.0 Å². The largest absolute Gasteiger partial charge is 0.326 e. The van der Waals surface area contributed by atoms with Crippen molar-refractivity contribution in [2.24, 2.45) is 0 Å². The minimum absolute atomic E-state index is 0.00659. The van der Waals surface area contributed by atoms with Gasteiger partial charge in [-0.15, -0.1) is 11.8 Å². The predicted octanol–water partition coefficient (Wildman–Crippen LogP) is 4.33. The van der Waals surface area contributed by atoms with Crippen LogP contribution in [0, 0.1) is 0 Å².